The lowest BCUT2D eigenvalue weighted by Crippen LogP contribution is -2.15. The molecule has 0 unspecified atom stereocenters. The van der Waals surface area contributed by atoms with Crippen LogP contribution < -0.4 is 5.32 Å². The molecule has 0 atom stereocenters. The highest BCUT2D eigenvalue weighted by molar-refractivity contribution is 6.09. The van der Waals surface area contributed by atoms with Gasteiger partial charge < -0.3 is 9.88 Å². The number of carbonyl (C=O) groups excluding carboxylic acids is 1. The van der Waals surface area contributed by atoms with Gasteiger partial charge in [0.05, 0.1) is 0 Å². The van der Waals surface area contributed by atoms with Crippen LogP contribution in [0.15, 0.2) is 35.9 Å². The fourth-order valence-electron chi connectivity index (χ4n) is 4.08. The van der Waals surface area contributed by atoms with Crippen molar-refractivity contribution >= 4 is 17.7 Å². The Balaban J connectivity index is 1.85. The van der Waals surface area contributed by atoms with Gasteiger partial charge >= 0.3 is 0 Å². The van der Waals surface area contributed by atoms with Crippen LogP contribution in [-0.4, -0.2) is 10.5 Å². The first-order valence-corrected chi connectivity index (χ1v) is 9.68. The second-order valence-electron chi connectivity index (χ2n) is 7.48. The van der Waals surface area contributed by atoms with Gasteiger partial charge in [-0.05, 0) is 69.0 Å². The van der Waals surface area contributed by atoms with E-state index in [-0.39, 0.29) is 11.5 Å². The Morgan fingerprint density at radius 2 is 1.93 bits per heavy atom. The minimum Gasteiger partial charge on any atom is -0.346 e. The van der Waals surface area contributed by atoms with Crippen LogP contribution in [-0.2, 0) is 4.79 Å². The Morgan fingerprint density at radius 3 is 2.59 bits per heavy atom. The number of hydrogen-bond acceptors (Lipinski definition) is 2. The molecule has 1 fully saturated rings. The zero-order valence-corrected chi connectivity index (χ0v) is 16.4. The largest absolute Gasteiger partial charge is 0.346 e. The van der Waals surface area contributed by atoms with Crippen LogP contribution in [0.3, 0.4) is 0 Å². The fourth-order valence-corrected chi connectivity index (χ4v) is 4.08. The summed E-state index contributed by atoms with van der Waals surface area (Å²) in [7, 11) is 0. The van der Waals surface area contributed by atoms with Gasteiger partial charge in [0.25, 0.3) is 5.91 Å². The van der Waals surface area contributed by atoms with Gasteiger partial charge in [-0.1, -0.05) is 31.4 Å². The van der Waals surface area contributed by atoms with Crippen molar-refractivity contribution in [1.82, 2.24) is 4.57 Å². The zero-order chi connectivity index (χ0) is 19.4. The van der Waals surface area contributed by atoms with Crippen molar-refractivity contribution in [1.29, 1.82) is 5.26 Å². The maximum absolute atomic E-state index is 12.6. The predicted octanol–water partition coefficient (Wildman–Crippen LogP) is 5.46. The Kier molecular flexibility index (Phi) is 5.81. The third-order valence-electron chi connectivity index (χ3n) is 5.40. The maximum atomic E-state index is 12.6. The van der Waals surface area contributed by atoms with Crippen LogP contribution in [0.25, 0.3) is 6.08 Å². The monoisotopic (exact) mass is 361 g/mol. The molecule has 1 aromatic heterocycles. The van der Waals surface area contributed by atoms with E-state index in [0.29, 0.717) is 11.7 Å². The Morgan fingerprint density at radius 1 is 1.19 bits per heavy atom. The van der Waals surface area contributed by atoms with E-state index in [0.717, 1.165) is 16.8 Å². The smallest absolute Gasteiger partial charge is 0.266 e. The highest BCUT2D eigenvalue weighted by atomic mass is 16.1. The van der Waals surface area contributed by atoms with Crippen molar-refractivity contribution in [3.63, 3.8) is 0 Å². The number of aromatic nitrogens is 1. The van der Waals surface area contributed by atoms with Crippen molar-refractivity contribution in [3.8, 4) is 6.07 Å². The summed E-state index contributed by atoms with van der Waals surface area (Å²) in [5, 5.41) is 12.3. The third-order valence-corrected chi connectivity index (χ3v) is 5.40. The minimum atomic E-state index is -0.370. The van der Waals surface area contributed by atoms with E-state index < -0.39 is 0 Å². The van der Waals surface area contributed by atoms with E-state index >= 15 is 0 Å². The number of nitriles is 1. The number of anilines is 1. The molecule has 1 heterocycles. The molecular formula is C23H27N3O. The quantitative estimate of drug-likeness (QED) is 0.580. The maximum Gasteiger partial charge on any atom is 0.266 e. The Bertz CT molecular complexity index is 908. The first-order chi connectivity index (χ1) is 13.0. The molecule has 1 aliphatic carbocycles. The molecule has 0 aliphatic heterocycles. The van der Waals surface area contributed by atoms with Gasteiger partial charge in [0.15, 0.2) is 0 Å². The van der Waals surface area contributed by atoms with Crippen LogP contribution in [0.4, 0.5) is 5.69 Å². The van der Waals surface area contributed by atoms with Crippen LogP contribution in [0.2, 0.25) is 0 Å². The van der Waals surface area contributed by atoms with Crippen LogP contribution >= 0.6 is 0 Å². The van der Waals surface area contributed by atoms with E-state index in [9.17, 15) is 10.1 Å². The summed E-state index contributed by atoms with van der Waals surface area (Å²) in [6.45, 7) is 6.16. The molecule has 140 valence electrons. The average molecular weight is 361 g/mol. The van der Waals surface area contributed by atoms with Crippen molar-refractivity contribution < 1.29 is 4.79 Å². The summed E-state index contributed by atoms with van der Waals surface area (Å²) < 4.78 is 2.39. The number of benzene rings is 1. The summed E-state index contributed by atoms with van der Waals surface area (Å²) in [5.74, 6) is -0.370. The number of amides is 1. The standard InChI is InChI=1S/C23H27N3O/c1-16-8-7-9-21(12-16)25-23(27)20(15-24)14-19-13-17(2)26(18(19)3)22-10-5-4-6-11-22/h7-9,12-14,22H,4-6,10-11H2,1-3H3,(H,25,27)/b20-14+. The molecule has 2 aromatic rings. The number of rotatable bonds is 4. The normalized spacial score (nSPS) is 15.4. The van der Waals surface area contributed by atoms with Crippen molar-refractivity contribution in [2.24, 2.45) is 0 Å². The molecule has 4 nitrogen and oxygen atoms in total. The highest BCUT2D eigenvalue weighted by Crippen LogP contribution is 2.32. The van der Waals surface area contributed by atoms with Crippen molar-refractivity contribution in [2.75, 3.05) is 5.32 Å². The molecule has 0 radical (unpaired) electrons. The number of carbonyl (C=O) groups is 1. The SMILES string of the molecule is Cc1cccc(NC(=O)/C(C#N)=C/c2cc(C)n(C3CCCCC3)c2C)c1. The van der Waals surface area contributed by atoms with Gasteiger partial charge in [-0.15, -0.1) is 0 Å². The summed E-state index contributed by atoms with van der Waals surface area (Å²) in [4.78, 5) is 12.6. The van der Waals surface area contributed by atoms with Crippen LogP contribution in [0.5, 0.6) is 0 Å². The number of aryl methyl sites for hydroxylation is 2. The van der Waals surface area contributed by atoms with Crippen molar-refractivity contribution in [2.45, 2.75) is 58.9 Å². The molecule has 27 heavy (non-hydrogen) atoms. The Labute approximate surface area is 161 Å². The van der Waals surface area contributed by atoms with Gasteiger partial charge in [0.1, 0.15) is 11.6 Å². The van der Waals surface area contributed by atoms with Crippen LogP contribution in [0.1, 0.15) is 60.7 Å². The molecule has 1 aliphatic rings. The van der Waals surface area contributed by atoms with E-state index in [2.05, 4.69) is 35.9 Å². The molecule has 1 N–H and O–H groups in total. The second kappa shape index (κ2) is 8.26. The summed E-state index contributed by atoms with van der Waals surface area (Å²) >= 11 is 0. The fraction of sp³-hybridized carbons (Fsp3) is 0.391. The number of hydrogen-bond donors (Lipinski definition) is 1. The third kappa shape index (κ3) is 4.31. The van der Waals surface area contributed by atoms with Gasteiger partial charge in [-0.25, -0.2) is 0 Å². The molecule has 1 aromatic carbocycles. The first kappa shape index (κ1) is 19.0. The number of nitrogens with one attached hydrogen (secondary N) is 1. The molecule has 1 amide bonds. The highest BCUT2D eigenvalue weighted by Gasteiger charge is 2.20. The lowest BCUT2D eigenvalue weighted by atomic mass is 9.95. The minimum absolute atomic E-state index is 0.125. The topological polar surface area (TPSA) is 57.8 Å². The molecule has 0 saturated heterocycles. The lowest BCUT2D eigenvalue weighted by molar-refractivity contribution is -0.112. The van der Waals surface area contributed by atoms with E-state index in [1.54, 1.807) is 6.08 Å². The molecular weight excluding hydrogens is 334 g/mol. The first-order valence-electron chi connectivity index (χ1n) is 9.68. The zero-order valence-electron chi connectivity index (χ0n) is 16.4. The molecule has 0 bridgehead atoms. The summed E-state index contributed by atoms with van der Waals surface area (Å²) in [6, 6.07) is 12.3. The van der Waals surface area contributed by atoms with E-state index in [1.807, 2.05) is 31.2 Å². The van der Waals surface area contributed by atoms with E-state index in [1.165, 1.54) is 37.8 Å². The molecule has 1 saturated carbocycles. The predicted molar refractivity (Wildman–Crippen MR) is 109 cm³/mol. The van der Waals surface area contributed by atoms with Crippen LogP contribution in [0, 0.1) is 32.1 Å². The van der Waals surface area contributed by atoms with Gasteiger partial charge in [-0.2, -0.15) is 5.26 Å². The van der Waals surface area contributed by atoms with Gasteiger partial charge in [0, 0.05) is 23.1 Å². The van der Waals surface area contributed by atoms with E-state index in [4.69, 9.17) is 0 Å². The number of nitrogens with zero attached hydrogens (tertiary/aromatic N) is 2. The van der Waals surface area contributed by atoms with Crippen molar-refractivity contribution in [3.05, 3.63) is 58.4 Å². The average Bonchev–Trinajstić information content (AvgIpc) is 2.93. The molecule has 4 heteroatoms. The Hall–Kier alpha value is -2.80. The lowest BCUT2D eigenvalue weighted by Gasteiger charge is -2.26. The molecule has 3 rings (SSSR count). The van der Waals surface area contributed by atoms with Gasteiger partial charge in [-0.3, -0.25) is 4.79 Å². The second-order valence-corrected chi connectivity index (χ2v) is 7.48. The summed E-state index contributed by atoms with van der Waals surface area (Å²) in [5.41, 5.74) is 5.17. The summed E-state index contributed by atoms with van der Waals surface area (Å²) in [6.07, 6.45) is 7.99. The molecule has 0 spiro atoms. The van der Waals surface area contributed by atoms with Gasteiger partial charge in [0.2, 0.25) is 0 Å².